The lowest BCUT2D eigenvalue weighted by molar-refractivity contribution is 0.465. The highest BCUT2D eigenvalue weighted by Gasteiger charge is 2.29. The minimum atomic E-state index is -3.67. The normalized spacial score (nSPS) is 12.0. The highest BCUT2D eigenvalue weighted by molar-refractivity contribution is 7.89. The Balaban J connectivity index is 2.38. The number of nitrogens with two attached hydrogens (primary N) is 1. The van der Waals surface area contributed by atoms with Gasteiger partial charge in [-0.15, -0.1) is 0 Å². The molecule has 0 fully saturated rings. The Morgan fingerprint density at radius 2 is 1.90 bits per heavy atom. The fourth-order valence-corrected chi connectivity index (χ4v) is 3.63. The summed E-state index contributed by atoms with van der Waals surface area (Å²) in [6, 6.07) is 7.70. The molecule has 7 heteroatoms. The van der Waals surface area contributed by atoms with Gasteiger partial charge in [-0.2, -0.15) is 9.40 Å². The maximum Gasteiger partial charge on any atom is 0.248 e. The summed E-state index contributed by atoms with van der Waals surface area (Å²) >= 11 is 0. The number of anilines is 1. The largest absolute Gasteiger partial charge is 0.381 e. The first kappa shape index (κ1) is 15.5. The maximum absolute atomic E-state index is 12.7. The van der Waals surface area contributed by atoms with Crippen molar-refractivity contribution in [3.8, 4) is 0 Å². The van der Waals surface area contributed by atoms with Crippen molar-refractivity contribution < 1.29 is 8.42 Å². The van der Waals surface area contributed by atoms with E-state index < -0.39 is 10.0 Å². The Morgan fingerprint density at radius 3 is 2.43 bits per heavy atom. The molecule has 2 N–H and O–H groups in total. The average molecular weight is 308 g/mol. The zero-order chi connectivity index (χ0) is 15.8. The lowest BCUT2D eigenvalue weighted by Gasteiger charge is -2.18. The van der Waals surface area contributed by atoms with Crippen LogP contribution in [-0.2, 0) is 23.6 Å². The Bertz CT molecular complexity index is 765. The van der Waals surface area contributed by atoms with E-state index in [9.17, 15) is 8.42 Å². The minimum Gasteiger partial charge on any atom is -0.381 e. The van der Waals surface area contributed by atoms with E-state index in [1.807, 2.05) is 31.2 Å². The topological polar surface area (TPSA) is 81.2 Å². The summed E-state index contributed by atoms with van der Waals surface area (Å²) < 4.78 is 28.2. The predicted molar refractivity (Wildman–Crippen MR) is 82.2 cm³/mol. The van der Waals surface area contributed by atoms with Crippen molar-refractivity contribution in [3.63, 3.8) is 0 Å². The maximum atomic E-state index is 12.7. The van der Waals surface area contributed by atoms with E-state index in [1.54, 1.807) is 21.0 Å². The lowest BCUT2D eigenvalue weighted by Crippen LogP contribution is -2.27. The van der Waals surface area contributed by atoms with Crippen LogP contribution in [-0.4, -0.2) is 29.6 Å². The van der Waals surface area contributed by atoms with Crippen LogP contribution in [0.4, 0.5) is 5.82 Å². The van der Waals surface area contributed by atoms with E-state index >= 15 is 0 Å². The van der Waals surface area contributed by atoms with Crippen LogP contribution in [0, 0.1) is 13.8 Å². The molecule has 0 saturated heterocycles. The molecule has 2 aromatic rings. The first-order valence-corrected chi connectivity index (χ1v) is 7.99. The molecule has 114 valence electrons. The van der Waals surface area contributed by atoms with Crippen molar-refractivity contribution in [2.45, 2.75) is 25.3 Å². The van der Waals surface area contributed by atoms with Gasteiger partial charge in [0.05, 0.1) is 5.69 Å². The molecule has 0 bridgehead atoms. The molecular formula is C14H20N4O2S. The van der Waals surface area contributed by atoms with Crippen molar-refractivity contribution in [2.75, 3.05) is 12.8 Å². The average Bonchev–Trinajstić information content (AvgIpc) is 2.66. The molecule has 0 aliphatic rings. The summed E-state index contributed by atoms with van der Waals surface area (Å²) in [7, 11) is -0.448. The Hall–Kier alpha value is -1.86. The molecule has 0 atom stereocenters. The zero-order valence-corrected chi connectivity index (χ0v) is 13.5. The van der Waals surface area contributed by atoms with Crippen molar-refractivity contribution >= 4 is 15.8 Å². The summed E-state index contributed by atoms with van der Waals surface area (Å²) in [6.07, 6.45) is 0. The second-order valence-electron chi connectivity index (χ2n) is 5.11. The number of nitrogens with zero attached hydrogens (tertiary/aromatic N) is 3. The quantitative estimate of drug-likeness (QED) is 0.926. The molecule has 0 amide bonds. The van der Waals surface area contributed by atoms with Gasteiger partial charge in [-0.05, 0) is 25.0 Å². The molecule has 6 nitrogen and oxygen atoms in total. The summed E-state index contributed by atoms with van der Waals surface area (Å²) in [5.41, 5.74) is 8.30. The van der Waals surface area contributed by atoms with Gasteiger partial charge in [0.15, 0.2) is 5.82 Å². The molecule has 1 heterocycles. The standard InChI is InChI=1S/C14H20N4O2S/c1-10-7-5-6-8-12(10)9-17(3)21(19,20)13-11(2)18(4)16-14(13)15/h5-8H,9H2,1-4H3,(H2,15,16). The molecule has 21 heavy (non-hydrogen) atoms. The molecule has 2 rings (SSSR count). The van der Waals surface area contributed by atoms with E-state index in [-0.39, 0.29) is 10.7 Å². The number of hydrogen-bond acceptors (Lipinski definition) is 4. The summed E-state index contributed by atoms with van der Waals surface area (Å²) in [5, 5.41) is 3.97. The molecule has 0 radical (unpaired) electrons. The third kappa shape index (κ3) is 2.79. The summed E-state index contributed by atoms with van der Waals surface area (Å²) in [6.45, 7) is 3.94. The highest BCUT2D eigenvalue weighted by Crippen LogP contribution is 2.25. The summed E-state index contributed by atoms with van der Waals surface area (Å²) in [5.74, 6) is 0.0339. The molecule has 1 aromatic carbocycles. The van der Waals surface area contributed by atoms with Gasteiger partial charge < -0.3 is 5.73 Å². The van der Waals surface area contributed by atoms with Crippen molar-refractivity contribution in [3.05, 3.63) is 41.1 Å². The molecule has 0 aliphatic heterocycles. The smallest absolute Gasteiger partial charge is 0.248 e. The predicted octanol–water partition coefficient (Wildman–Crippen LogP) is 1.44. The van der Waals surface area contributed by atoms with Crippen LogP contribution in [0.15, 0.2) is 29.2 Å². The zero-order valence-electron chi connectivity index (χ0n) is 12.7. The second-order valence-corrected chi connectivity index (χ2v) is 7.09. The Morgan fingerprint density at radius 1 is 1.29 bits per heavy atom. The molecule has 0 spiro atoms. The fraction of sp³-hybridized carbons (Fsp3) is 0.357. The van der Waals surface area contributed by atoms with E-state index in [0.29, 0.717) is 12.2 Å². The van der Waals surface area contributed by atoms with E-state index in [0.717, 1.165) is 11.1 Å². The first-order valence-electron chi connectivity index (χ1n) is 6.55. The van der Waals surface area contributed by atoms with Gasteiger partial charge in [0.2, 0.25) is 10.0 Å². The number of hydrogen-bond donors (Lipinski definition) is 1. The summed E-state index contributed by atoms with van der Waals surface area (Å²) in [4.78, 5) is 0.0843. The van der Waals surface area contributed by atoms with Crippen LogP contribution in [0.1, 0.15) is 16.8 Å². The fourth-order valence-electron chi connectivity index (χ4n) is 2.20. The Labute approximate surface area is 125 Å². The molecule has 0 aliphatic carbocycles. The number of aryl methyl sites for hydroxylation is 2. The van der Waals surface area contributed by atoms with Gasteiger partial charge in [-0.1, -0.05) is 24.3 Å². The van der Waals surface area contributed by atoms with Crippen molar-refractivity contribution in [1.29, 1.82) is 0 Å². The third-order valence-electron chi connectivity index (χ3n) is 3.63. The van der Waals surface area contributed by atoms with E-state index in [2.05, 4.69) is 5.10 Å². The van der Waals surface area contributed by atoms with Gasteiger partial charge in [0.25, 0.3) is 0 Å². The van der Waals surface area contributed by atoms with Gasteiger partial charge in [0.1, 0.15) is 4.90 Å². The van der Waals surface area contributed by atoms with Gasteiger partial charge in [-0.3, -0.25) is 4.68 Å². The monoisotopic (exact) mass is 308 g/mol. The van der Waals surface area contributed by atoms with Gasteiger partial charge >= 0.3 is 0 Å². The molecule has 1 aromatic heterocycles. The number of sulfonamides is 1. The molecule has 0 unspecified atom stereocenters. The van der Waals surface area contributed by atoms with Crippen LogP contribution in [0.5, 0.6) is 0 Å². The Kier molecular flexibility index (Phi) is 4.06. The van der Waals surface area contributed by atoms with Crippen molar-refractivity contribution in [1.82, 2.24) is 14.1 Å². The second kappa shape index (κ2) is 5.50. The molecule has 0 saturated carbocycles. The van der Waals surface area contributed by atoms with E-state index in [1.165, 1.54) is 8.99 Å². The number of aromatic nitrogens is 2. The van der Waals surface area contributed by atoms with Gasteiger partial charge in [-0.25, -0.2) is 8.42 Å². The lowest BCUT2D eigenvalue weighted by atomic mass is 10.1. The van der Waals surface area contributed by atoms with Crippen LogP contribution in [0.25, 0.3) is 0 Å². The number of nitrogen functional groups attached to an aromatic ring is 1. The van der Waals surface area contributed by atoms with Gasteiger partial charge in [0, 0.05) is 20.6 Å². The highest BCUT2D eigenvalue weighted by atomic mass is 32.2. The van der Waals surface area contributed by atoms with Crippen LogP contribution in [0.2, 0.25) is 0 Å². The van der Waals surface area contributed by atoms with Crippen molar-refractivity contribution in [2.24, 2.45) is 7.05 Å². The minimum absolute atomic E-state index is 0.0339. The molecular weight excluding hydrogens is 288 g/mol. The van der Waals surface area contributed by atoms with E-state index in [4.69, 9.17) is 5.73 Å². The van der Waals surface area contributed by atoms with Crippen LogP contribution >= 0.6 is 0 Å². The number of rotatable bonds is 4. The van der Waals surface area contributed by atoms with Crippen LogP contribution in [0.3, 0.4) is 0 Å². The van der Waals surface area contributed by atoms with Crippen LogP contribution < -0.4 is 5.73 Å². The number of benzene rings is 1. The third-order valence-corrected chi connectivity index (χ3v) is 5.60. The first-order chi connectivity index (χ1) is 9.75. The SMILES string of the molecule is Cc1ccccc1CN(C)S(=O)(=O)c1c(N)nn(C)c1C.